The lowest BCUT2D eigenvalue weighted by Gasteiger charge is -2.19. The summed E-state index contributed by atoms with van der Waals surface area (Å²) in [7, 11) is 1.96. The molecule has 0 N–H and O–H groups in total. The summed E-state index contributed by atoms with van der Waals surface area (Å²) in [6.45, 7) is 6.53. The highest BCUT2D eigenvalue weighted by Gasteiger charge is 2.20. The molecule has 1 heterocycles. The summed E-state index contributed by atoms with van der Waals surface area (Å²) < 4.78 is 3.00. The Morgan fingerprint density at radius 3 is 2.18 bits per heavy atom. The van der Waals surface area contributed by atoms with Crippen LogP contribution in [0.25, 0.3) is 0 Å². The third-order valence-corrected chi connectivity index (χ3v) is 2.18. The molecule has 0 radical (unpaired) electrons. The Morgan fingerprint density at radius 2 is 2.00 bits per heavy atom. The SMILES string of the molecule is Cn1ncc(Br)c1C(C)(C)C. The molecule has 0 amide bonds. The average molecular weight is 217 g/mol. The molecular formula is C8H13BrN2. The summed E-state index contributed by atoms with van der Waals surface area (Å²) in [4.78, 5) is 0. The number of hydrogen-bond acceptors (Lipinski definition) is 1. The van der Waals surface area contributed by atoms with Crippen LogP contribution in [0.15, 0.2) is 10.7 Å². The van der Waals surface area contributed by atoms with Crippen LogP contribution >= 0.6 is 15.9 Å². The third-order valence-electron chi connectivity index (χ3n) is 1.60. The lowest BCUT2D eigenvalue weighted by atomic mass is 9.92. The van der Waals surface area contributed by atoms with E-state index in [0.717, 1.165) is 4.47 Å². The van der Waals surface area contributed by atoms with E-state index < -0.39 is 0 Å². The number of halogens is 1. The molecule has 0 saturated heterocycles. The molecule has 0 bridgehead atoms. The fourth-order valence-electron chi connectivity index (χ4n) is 1.25. The van der Waals surface area contributed by atoms with Crippen molar-refractivity contribution in [3.05, 3.63) is 16.4 Å². The van der Waals surface area contributed by atoms with E-state index in [-0.39, 0.29) is 5.41 Å². The van der Waals surface area contributed by atoms with Crippen LogP contribution < -0.4 is 0 Å². The number of nitrogens with zero attached hydrogens (tertiary/aromatic N) is 2. The molecule has 0 atom stereocenters. The van der Waals surface area contributed by atoms with E-state index in [2.05, 4.69) is 41.8 Å². The maximum absolute atomic E-state index is 4.15. The van der Waals surface area contributed by atoms with E-state index in [1.54, 1.807) is 0 Å². The van der Waals surface area contributed by atoms with Crippen molar-refractivity contribution in [2.75, 3.05) is 0 Å². The smallest absolute Gasteiger partial charge is 0.0635 e. The molecule has 0 spiro atoms. The molecule has 0 aromatic carbocycles. The minimum Gasteiger partial charge on any atom is -0.271 e. The second-order valence-corrected chi connectivity index (χ2v) is 4.57. The largest absolute Gasteiger partial charge is 0.271 e. The first-order valence-electron chi connectivity index (χ1n) is 3.61. The van der Waals surface area contributed by atoms with Crippen molar-refractivity contribution in [2.45, 2.75) is 26.2 Å². The van der Waals surface area contributed by atoms with Crippen molar-refractivity contribution in [3.63, 3.8) is 0 Å². The summed E-state index contributed by atoms with van der Waals surface area (Å²) in [5, 5.41) is 4.15. The molecule has 0 fully saturated rings. The van der Waals surface area contributed by atoms with Crippen molar-refractivity contribution < 1.29 is 0 Å². The summed E-state index contributed by atoms with van der Waals surface area (Å²) >= 11 is 3.47. The van der Waals surface area contributed by atoms with Gasteiger partial charge in [-0.2, -0.15) is 5.10 Å². The van der Waals surface area contributed by atoms with Crippen molar-refractivity contribution >= 4 is 15.9 Å². The molecule has 0 aliphatic carbocycles. The molecule has 0 aliphatic heterocycles. The van der Waals surface area contributed by atoms with Gasteiger partial charge in [0.15, 0.2) is 0 Å². The summed E-state index contributed by atoms with van der Waals surface area (Å²) in [5.41, 5.74) is 1.39. The lowest BCUT2D eigenvalue weighted by Crippen LogP contribution is -2.16. The van der Waals surface area contributed by atoms with Crippen LogP contribution in [-0.4, -0.2) is 9.78 Å². The molecule has 3 heteroatoms. The van der Waals surface area contributed by atoms with Crippen LogP contribution in [-0.2, 0) is 12.5 Å². The summed E-state index contributed by atoms with van der Waals surface area (Å²) in [6.07, 6.45) is 1.83. The topological polar surface area (TPSA) is 17.8 Å². The Kier molecular flexibility index (Phi) is 2.10. The highest BCUT2D eigenvalue weighted by atomic mass is 79.9. The fourth-order valence-corrected chi connectivity index (χ4v) is 2.20. The van der Waals surface area contributed by atoms with E-state index in [0.29, 0.717) is 0 Å². The van der Waals surface area contributed by atoms with E-state index >= 15 is 0 Å². The first-order chi connectivity index (χ1) is 4.93. The van der Waals surface area contributed by atoms with Gasteiger partial charge < -0.3 is 0 Å². The molecule has 1 rings (SSSR count). The van der Waals surface area contributed by atoms with Gasteiger partial charge in [0.1, 0.15) is 0 Å². The van der Waals surface area contributed by atoms with Crippen LogP contribution in [0, 0.1) is 0 Å². The maximum Gasteiger partial charge on any atom is 0.0635 e. The molecule has 0 aliphatic rings. The van der Waals surface area contributed by atoms with E-state index in [4.69, 9.17) is 0 Å². The second-order valence-electron chi connectivity index (χ2n) is 3.71. The summed E-state index contributed by atoms with van der Waals surface area (Å²) in [6, 6.07) is 0. The lowest BCUT2D eigenvalue weighted by molar-refractivity contribution is 0.520. The minimum absolute atomic E-state index is 0.157. The molecule has 0 saturated carbocycles. The molecular weight excluding hydrogens is 204 g/mol. The van der Waals surface area contributed by atoms with Crippen molar-refractivity contribution in [3.8, 4) is 0 Å². The molecule has 1 aromatic heterocycles. The Labute approximate surface area is 75.7 Å². The Morgan fingerprint density at radius 1 is 1.45 bits per heavy atom. The van der Waals surface area contributed by atoms with E-state index in [9.17, 15) is 0 Å². The Hall–Kier alpha value is -0.310. The van der Waals surface area contributed by atoms with Crippen LogP contribution in [0.3, 0.4) is 0 Å². The molecule has 62 valence electrons. The Balaban J connectivity index is 3.21. The first kappa shape index (κ1) is 8.78. The molecule has 2 nitrogen and oxygen atoms in total. The van der Waals surface area contributed by atoms with Crippen molar-refractivity contribution in [1.29, 1.82) is 0 Å². The van der Waals surface area contributed by atoms with Gasteiger partial charge in [-0.25, -0.2) is 0 Å². The zero-order valence-electron chi connectivity index (χ0n) is 7.35. The maximum atomic E-state index is 4.15. The van der Waals surface area contributed by atoms with Gasteiger partial charge in [0.2, 0.25) is 0 Å². The van der Waals surface area contributed by atoms with E-state index in [1.807, 2.05) is 17.9 Å². The second kappa shape index (κ2) is 2.63. The highest BCUT2D eigenvalue weighted by molar-refractivity contribution is 9.10. The number of aromatic nitrogens is 2. The predicted octanol–water partition coefficient (Wildman–Crippen LogP) is 2.48. The van der Waals surface area contributed by atoms with Gasteiger partial charge in [0, 0.05) is 12.5 Å². The van der Waals surface area contributed by atoms with Gasteiger partial charge in [-0.3, -0.25) is 4.68 Å². The van der Waals surface area contributed by atoms with Gasteiger partial charge in [-0.05, 0) is 15.9 Å². The van der Waals surface area contributed by atoms with E-state index in [1.165, 1.54) is 5.69 Å². The first-order valence-corrected chi connectivity index (χ1v) is 4.40. The van der Waals surface area contributed by atoms with Gasteiger partial charge in [0.25, 0.3) is 0 Å². The molecule has 0 unspecified atom stereocenters. The zero-order valence-corrected chi connectivity index (χ0v) is 8.94. The normalized spacial score (nSPS) is 12.1. The van der Waals surface area contributed by atoms with Gasteiger partial charge in [0.05, 0.1) is 16.4 Å². The van der Waals surface area contributed by atoms with Crippen LogP contribution in [0.5, 0.6) is 0 Å². The zero-order chi connectivity index (χ0) is 8.65. The van der Waals surface area contributed by atoms with Crippen molar-refractivity contribution in [1.82, 2.24) is 9.78 Å². The predicted molar refractivity (Wildman–Crippen MR) is 49.6 cm³/mol. The fraction of sp³-hybridized carbons (Fsp3) is 0.625. The Bertz CT molecular complexity index is 238. The monoisotopic (exact) mass is 216 g/mol. The van der Waals surface area contributed by atoms with Crippen LogP contribution in [0.4, 0.5) is 0 Å². The number of rotatable bonds is 0. The minimum atomic E-state index is 0.157. The third kappa shape index (κ3) is 1.64. The average Bonchev–Trinajstić information content (AvgIpc) is 2.08. The van der Waals surface area contributed by atoms with Crippen molar-refractivity contribution in [2.24, 2.45) is 7.05 Å². The van der Waals surface area contributed by atoms with Gasteiger partial charge in [-0.15, -0.1) is 0 Å². The standard InChI is InChI=1S/C8H13BrN2/c1-8(2,3)7-6(9)5-10-11(7)4/h5H,1-4H3. The van der Waals surface area contributed by atoms with Crippen LogP contribution in [0.1, 0.15) is 26.5 Å². The quantitative estimate of drug-likeness (QED) is 0.652. The summed E-state index contributed by atoms with van der Waals surface area (Å²) in [5.74, 6) is 0. The molecule has 11 heavy (non-hydrogen) atoms. The van der Waals surface area contributed by atoms with Gasteiger partial charge in [-0.1, -0.05) is 20.8 Å². The number of aryl methyl sites for hydroxylation is 1. The van der Waals surface area contributed by atoms with Gasteiger partial charge >= 0.3 is 0 Å². The molecule has 1 aromatic rings. The van der Waals surface area contributed by atoms with Crippen LogP contribution in [0.2, 0.25) is 0 Å². The number of hydrogen-bond donors (Lipinski definition) is 0. The highest BCUT2D eigenvalue weighted by Crippen LogP contribution is 2.28.